The van der Waals surface area contributed by atoms with Gasteiger partial charge in [0, 0.05) is 12.1 Å². The normalized spacial score (nSPS) is 8.29. The van der Waals surface area contributed by atoms with E-state index in [1.165, 1.54) is 18.2 Å². The number of rotatable bonds is 2. The highest BCUT2D eigenvalue weighted by atomic mass is 35.5. The lowest BCUT2D eigenvalue weighted by molar-refractivity contribution is -0.384. The first-order valence-corrected chi connectivity index (χ1v) is 3.34. The molecule has 1 aromatic rings. The molecule has 14 heavy (non-hydrogen) atoms. The van der Waals surface area contributed by atoms with Crippen LogP contribution in [0.3, 0.4) is 0 Å². The number of hydrogen-bond donors (Lipinski definition) is 2. The summed E-state index contributed by atoms with van der Waals surface area (Å²) in [5, 5.41) is 18.9. The summed E-state index contributed by atoms with van der Waals surface area (Å²) < 4.78 is 0. The van der Waals surface area contributed by atoms with Gasteiger partial charge in [0.2, 0.25) is 0 Å². The molecule has 7 heteroatoms. The first kappa shape index (κ1) is 12.2. The predicted octanol–water partition coefficient (Wildman–Crippen LogP) is 1.17. The quantitative estimate of drug-likeness (QED) is 0.437. The molecule has 0 fully saturated rings. The van der Waals surface area contributed by atoms with Gasteiger partial charge in [0.25, 0.3) is 5.69 Å². The summed E-state index contributed by atoms with van der Waals surface area (Å²) >= 11 is 0. The van der Waals surface area contributed by atoms with Gasteiger partial charge in [-0.3, -0.25) is 16.0 Å². The number of nitriles is 1. The fraction of sp³-hybridized carbons (Fsp3) is 0. The van der Waals surface area contributed by atoms with Crippen molar-refractivity contribution in [3.05, 3.63) is 33.9 Å². The van der Waals surface area contributed by atoms with Crippen molar-refractivity contribution in [3.63, 3.8) is 0 Å². The Kier molecular flexibility index (Phi) is 4.35. The van der Waals surface area contributed by atoms with E-state index in [4.69, 9.17) is 11.1 Å². The Hall–Kier alpha value is -1.84. The molecule has 74 valence electrons. The van der Waals surface area contributed by atoms with Gasteiger partial charge in [-0.05, 0) is 6.07 Å². The first-order chi connectivity index (χ1) is 6.19. The number of nitro groups is 1. The van der Waals surface area contributed by atoms with Crippen molar-refractivity contribution in [1.82, 2.24) is 0 Å². The molecule has 0 aliphatic rings. The smallest absolute Gasteiger partial charge is 0.271 e. The van der Waals surface area contributed by atoms with Crippen molar-refractivity contribution in [2.45, 2.75) is 0 Å². The SMILES string of the molecule is Cl.N#Cc1ccc([N+](=O)[O-])cc1NN. The zero-order valence-corrected chi connectivity index (χ0v) is 7.75. The van der Waals surface area contributed by atoms with Gasteiger partial charge >= 0.3 is 0 Å². The van der Waals surface area contributed by atoms with Gasteiger partial charge in [0.15, 0.2) is 0 Å². The zero-order chi connectivity index (χ0) is 9.84. The Balaban J connectivity index is 0.00000169. The van der Waals surface area contributed by atoms with Crippen LogP contribution in [0.2, 0.25) is 0 Å². The van der Waals surface area contributed by atoms with Gasteiger partial charge in [-0.25, -0.2) is 0 Å². The van der Waals surface area contributed by atoms with Crippen LogP contribution in [0.4, 0.5) is 11.4 Å². The number of hydrogen-bond acceptors (Lipinski definition) is 5. The van der Waals surface area contributed by atoms with E-state index in [0.717, 1.165) is 0 Å². The van der Waals surface area contributed by atoms with Crippen molar-refractivity contribution < 1.29 is 4.92 Å². The number of non-ortho nitro benzene ring substituents is 1. The molecule has 0 unspecified atom stereocenters. The van der Waals surface area contributed by atoms with E-state index in [1.54, 1.807) is 0 Å². The van der Waals surface area contributed by atoms with E-state index in [9.17, 15) is 10.1 Å². The summed E-state index contributed by atoms with van der Waals surface area (Å²) in [4.78, 5) is 9.77. The number of hydrazine groups is 1. The van der Waals surface area contributed by atoms with Crippen LogP contribution in [0.15, 0.2) is 18.2 Å². The minimum absolute atomic E-state index is 0. The van der Waals surface area contributed by atoms with Crippen LogP contribution < -0.4 is 11.3 Å². The number of nitrogens with zero attached hydrogens (tertiary/aromatic N) is 2. The molecule has 6 nitrogen and oxygen atoms in total. The molecule has 1 aromatic carbocycles. The fourth-order valence-corrected chi connectivity index (χ4v) is 0.863. The second-order valence-corrected chi connectivity index (χ2v) is 2.24. The Morgan fingerprint density at radius 1 is 1.57 bits per heavy atom. The van der Waals surface area contributed by atoms with Gasteiger partial charge in [0.05, 0.1) is 16.2 Å². The number of anilines is 1. The summed E-state index contributed by atoms with van der Waals surface area (Å²) in [5.41, 5.74) is 2.63. The van der Waals surface area contributed by atoms with E-state index in [-0.39, 0.29) is 29.3 Å². The lowest BCUT2D eigenvalue weighted by Crippen LogP contribution is -2.08. The van der Waals surface area contributed by atoms with E-state index < -0.39 is 4.92 Å². The highest BCUT2D eigenvalue weighted by Gasteiger charge is 2.08. The van der Waals surface area contributed by atoms with Crippen molar-refractivity contribution in [3.8, 4) is 6.07 Å². The molecule has 0 amide bonds. The van der Waals surface area contributed by atoms with E-state index in [2.05, 4.69) is 5.43 Å². The maximum absolute atomic E-state index is 10.3. The van der Waals surface area contributed by atoms with Crippen molar-refractivity contribution >= 4 is 23.8 Å². The van der Waals surface area contributed by atoms with Crippen LogP contribution in [0.1, 0.15) is 5.56 Å². The first-order valence-electron chi connectivity index (χ1n) is 3.34. The molecular formula is C7H7ClN4O2. The van der Waals surface area contributed by atoms with E-state index in [0.29, 0.717) is 0 Å². The summed E-state index contributed by atoms with van der Waals surface area (Å²) in [5.74, 6) is 5.07. The average Bonchev–Trinajstić information content (AvgIpc) is 2.16. The van der Waals surface area contributed by atoms with Crippen LogP contribution in [0.5, 0.6) is 0 Å². The van der Waals surface area contributed by atoms with Gasteiger partial charge in [-0.2, -0.15) is 5.26 Å². The maximum Gasteiger partial charge on any atom is 0.271 e. The molecule has 0 heterocycles. The largest absolute Gasteiger partial charge is 0.323 e. The monoisotopic (exact) mass is 214 g/mol. The van der Waals surface area contributed by atoms with Crippen LogP contribution in [-0.4, -0.2) is 4.92 Å². The molecule has 1 rings (SSSR count). The Morgan fingerprint density at radius 3 is 2.64 bits per heavy atom. The third kappa shape index (κ3) is 2.32. The number of nitro benzene ring substituents is 1. The van der Waals surface area contributed by atoms with Crippen molar-refractivity contribution in [2.75, 3.05) is 5.43 Å². The summed E-state index contributed by atoms with van der Waals surface area (Å²) in [6.07, 6.45) is 0. The minimum atomic E-state index is -0.554. The standard InChI is InChI=1S/C7H6N4O2.ClH/c8-4-5-1-2-6(11(12)13)3-7(5)10-9;/h1-3,10H,9H2;1H. The molecule has 0 aromatic heterocycles. The summed E-state index contributed by atoms with van der Waals surface area (Å²) in [6, 6.07) is 5.64. The molecule has 3 N–H and O–H groups in total. The maximum atomic E-state index is 10.3. The molecule has 0 spiro atoms. The van der Waals surface area contributed by atoms with Gasteiger partial charge in [0.1, 0.15) is 6.07 Å². The molecular weight excluding hydrogens is 208 g/mol. The van der Waals surface area contributed by atoms with Crippen molar-refractivity contribution in [2.24, 2.45) is 5.84 Å². The molecule has 0 saturated heterocycles. The number of nitrogens with two attached hydrogens (primary N) is 1. The summed E-state index contributed by atoms with van der Waals surface area (Å²) in [7, 11) is 0. The number of halogens is 1. The van der Waals surface area contributed by atoms with E-state index in [1.807, 2.05) is 6.07 Å². The lowest BCUT2D eigenvalue weighted by Gasteiger charge is -2.00. The van der Waals surface area contributed by atoms with Crippen LogP contribution in [-0.2, 0) is 0 Å². The topological polar surface area (TPSA) is 105 Å². The molecule has 0 bridgehead atoms. The van der Waals surface area contributed by atoms with Gasteiger partial charge < -0.3 is 5.43 Å². The van der Waals surface area contributed by atoms with Crippen LogP contribution in [0, 0.1) is 21.4 Å². The lowest BCUT2D eigenvalue weighted by atomic mass is 10.2. The zero-order valence-electron chi connectivity index (χ0n) is 6.93. The molecule has 0 aliphatic heterocycles. The number of nitrogen functional groups attached to an aromatic ring is 1. The number of benzene rings is 1. The molecule has 0 saturated carbocycles. The summed E-state index contributed by atoms with van der Waals surface area (Å²) in [6.45, 7) is 0. The van der Waals surface area contributed by atoms with Gasteiger partial charge in [-0.1, -0.05) is 0 Å². The average molecular weight is 215 g/mol. The van der Waals surface area contributed by atoms with Crippen LogP contribution in [0.25, 0.3) is 0 Å². The number of nitrogens with one attached hydrogen (secondary N) is 1. The van der Waals surface area contributed by atoms with E-state index >= 15 is 0 Å². The second-order valence-electron chi connectivity index (χ2n) is 2.24. The third-order valence-electron chi connectivity index (χ3n) is 1.49. The van der Waals surface area contributed by atoms with Gasteiger partial charge in [-0.15, -0.1) is 12.4 Å². The predicted molar refractivity (Wildman–Crippen MR) is 52.9 cm³/mol. The van der Waals surface area contributed by atoms with Crippen LogP contribution >= 0.6 is 12.4 Å². The highest BCUT2D eigenvalue weighted by Crippen LogP contribution is 2.20. The molecule has 0 aliphatic carbocycles. The highest BCUT2D eigenvalue weighted by molar-refractivity contribution is 5.85. The Bertz CT molecular complexity index is 388. The Labute approximate surface area is 85.9 Å². The molecule has 0 radical (unpaired) electrons. The second kappa shape index (κ2) is 5.01. The third-order valence-corrected chi connectivity index (χ3v) is 1.49. The minimum Gasteiger partial charge on any atom is -0.323 e. The Morgan fingerprint density at radius 2 is 2.21 bits per heavy atom. The fourth-order valence-electron chi connectivity index (χ4n) is 0.863. The molecule has 0 atom stereocenters. The van der Waals surface area contributed by atoms with Crippen molar-refractivity contribution in [1.29, 1.82) is 5.26 Å².